The van der Waals surface area contributed by atoms with Gasteiger partial charge in [0, 0.05) is 42.1 Å². The van der Waals surface area contributed by atoms with E-state index in [2.05, 4.69) is 0 Å². The van der Waals surface area contributed by atoms with Gasteiger partial charge in [0.1, 0.15) is 23.0 Å². The van der Waals surface area contributed by atoms with E-state index in [1.165, 1.54) is 30.4 Å². The van der Waals surface area contributed by atoms with E-state index < -0.39 is 28.2 Å². The van der Waals surface area contributed by atoms with Crippen LogP contribution in [-0.4, -0.2) is 22.6 Å². The van der Waals surface area contributed by atoms with Crippen LogP contribution in [0.5, 0.6) is 5.75 Å². The second-order valence-electron chi connectivity index (χ2n) is 7.77. The fraction of sp³-hybridized carbons (Fsp3) is 0.217. The molecule has 4 rings (SSSR count). The minimum absolute atomic E-state index is 0.0219. The Balaban J connectivity index is 1.50. The summed E-state index contributed by atoms with van der Waals surface area (Å²) in [6, 6.07) is 12.4. The summed E-state index contributed by atoms with van der Waals surface area (Å²) in [5.74, 6) is 0.0378. The molecule has 0 saturated carbocycles. The van der Waals surface area contributed by atoms with Crippen LogP contribution in [0.3, 0.4) is 0 Å². The number of fused-ring (bicyclic) bond motifs is 2. The summed E-state index contributed by atoms with van der Waals surface area (Å²) in [4.78, 5) is 34.1. The lowest BCUT2D eigenvalue weighted by molar-refractivity contribution is -0.384. The molecule has 2 aromatic carbocycles. The average molecular weight is 421 g/mol. The molecule has 0 aliphatic carbocycles. The molecule has 2 heterocycles. The minimum atomic E-state index is -0.799. The Morgan fingerprint density at radius 1 is 1.19 bits per heavy atom. The molecule has 1 unspecified atom stereocenters. The van der Waals surface area contributed by atoms with Crippen molar-refractivity contribution in [1.29, 1.82) is 0 Å². The SMILES string of the molecule is CC1(C)Oc2cc3oc(=O)ccc3cc2CC1OC(=O)/C=C/c1ccc([N+](=O)[O-])cc1. The van der Waals surface area contributed by atoms with Crippen LogP contribution in [0, 0.1) is 10.1 Å². The van der Waals surface area contributed by atoms with E-state index in [9.17, 15) is 19.7 Å². The molecule has 1 atom stereocenters. The van der Waals surface area contributed by atoms with Crippen molar-refractivity contribution in [2.24, 2.45) is 0 Å². The molecule has 0 N–H and O–H groups in total. The van der Waals surface area contributed by atoms with Gasteiger partial charge in [0.2, 0.25) is 0 Å². The molecular weight excluding hydrogens is 402 g/mol. The second-order valence-corrected chi connectivity index (χ2v) is 7.77. The zero-order chi connectivity index (χ0) is 22.2. The van der Waals surface area contributed by atoms with Crippen molar-refractivity contribution in [3.8, 4) is 5.75 Å². The van der Waals surface area contributed by atoms with Crippen molar-refractivity contribution in [1.82, 2.24) is 0 Å². The van der Waals surface area contributed by atoms with Gasteiger partial charge in [-0.25, -0.2) is 9.59 Å². The Labute approximate surface area is 176 Å². The lowest BCUT2D eigenvalue weighted by Crippen LogP contribution is -2.48. The highest BCUT2D eigenvalue weighted by Crippen LogP contribution is 2.37. The molecule has 1 aliphatic heterocycles. The van der Waals surface area contributed by atoms with Crippen LogP contribution in [0.25, 0.3) is 17.0 Å². The number of non-ortho nitro benzene ring substituents is 1. The van der Waals surface area contributed by atoms with Crippen LogP contribution in [0.1, 0.15) is 25.0 Å². The number of benzene rings is 2. The molecule has 0 saturated heterocycles. The number of ether oxygens (including phenoxy) is 2. The average Bonchev–Trinajstić information content (AvgIpc) is 2.71. The molecule has 8 heteroatoms. The van der Waals surface area contributed by atoms with Gasteiger partial charge in [-0.15, -0.1) is 0 Å². The second kappa shape index (κ2) is 7.71. The van der Waals surface area contributed by atoms with E-state index >= 15 is 0 Å². The first-order valence-electron chi connectivity index (χ1n) is 9.60. The van der Waals surface area contributed by atoms with E-state index in [-0.39, 0.29) is 5.69 Å². The smallest absolute Gasteiger partial charge is 0.336 e. The number of carbonyl (C=O) groups excluding carboxylic acids is 1. The normalized spacial score (nSPS) is 17.2. The zero-order valence-electron chi connectivity index (χ0n) is 16.9. The number of nitro benzene ring substituents is 1. The first kappa shape index (κ1) is 20.3. The molecule has 1 aromatic heterocycles. The van der Waals surface area contributed by atoms with Crippen molar-refractivity contribution >= 4 is 28.7 Å². The summed E-state index contributed by atoms with van der Waals surface area (Å²) in [5.41, 5.74) is 0.661. The van der Waals surface area contributed by atoms with E-state index in [4.69, 9.17) is 13.9 Å². The minimum Gasteiger partial charge on any atom is -0.484 e. The van der Waals surface area contributed by atoms with Crippen LogP contribution in [-0.2, 0) is 16.0 Å². The first-order chi connectivity index (χ1) is 14.7. The van der Waals surface area contributed by atoms with Crippen molar-refractivity contribution < 1.29 is 23.6 Å². The third-order valence-corrected chi connectivity index (χ3v) is 5.13. The number of rotatable bonds is 4. The molecular formula is C23H19NO7. The predicted molar refractivity (Wildman–Crippen MR) is 113 cm³/mol. The number of carbonyl (C=O) groups is 1. The quantitative estimate of drug-likeness (QED) is 0.206. The van der Waals surface area contributed by atoms with Gasteiger partial charge < -0.3 is 13.9 Å². The first-order valence-corrected chi connectivity index (χ1v) is 9.60. The summed E-state index contributed by atoms with van der Waals surface area (Å²) in [7, 11) is 0. The molecule has 0 spiro atoms. The number of nitro groups is 1. The predicted octanol–water partition coefficient (Wildman–Crippen LogP) is 4.04. The summed E-state index contributed by atoms with van der Waals surface area (Å²) < 4.78 is 16.9. The molecule has 0 amide bonds. The number of nitrogens with zero attached hydrogens (tertiary/aromatic N) is 1. The third-order valence-electron chi connectivity index (χ3n) is 5.13. The largest absolute Gasteiger partial charge is 0.484 e. The van der Waals surface area contributed by atoms with Gasteiger partial charge >= 0.3 is 11.6 Å². The highest BCUT2D eigenvalue weighted by atomic mass is 16.6. The van der Waals surface area contributed by atoms with Crippen LogP contribution < -0.4 is 10.4 Å². The number of hydrogen-bond acceptors (Lipinski definition) is 7. The summed E-state index contributed by atoms with van der Waals surface area (Å²) >= 11 is 0. The summed E-state index contributed by atoms with van der Waals surface area (Å²) in [6.07, 6.45) is 2.71. The van der Waals surface area contributed by atoms with E-state index in [0.717, 1.165) is 10.9 Å². The van der Waals surface area contributed by atoms with Crippen LogP contribution >= 0.6 is 0 Å². The lowest BCUT2D eigenvalue weighted by Gasteiger charge is -2.39. The van der Waals surface area contributed by atoms with Crippen LogP contribution in [0.15, 0.2) is 63.8 Å². The molecule has 0 fully saturated rings. The molecule has 3 aromatic rings. The Morgan fingerprint density at radius 2 is 1.94 bits per heavy atom. The lowest BCUT2D eigenvalue weighted by atomic mass is 9.90. The van der Waals surface area contributed by atoms with E-state index in [0.29, 0.717) is 23.3 Å². The third kappa shape index (κ3) is 4.32. The summed E-state index contributed by atoms with van der Waals surface area (Å²) in [6.45, 7) is 3.64. The van der Waals surface area contributed by atoms with Crippen LogP contribution in [0.4, 0.5) is 5.69 Å². The molecule has 8 nitrogen and oxygen atoms in total. The maximum atomic E-state index is 12.4. The summed E-state index contributed by atoms with van der Waals surface area (Å²) in [5, 5.41) is 11.5. The number of esters is 1. The fourth-order valence-electron chi connectivity index (χ4n) is 3.43. The zero-order valence-corrected chi connectivity index (χ0v) is 16.9. The van der Waals surface area contributed by atoms with Gasteiger partial charge in [-0.3, -0.25) is 10.1 Å². The van der Waals surface area contributed by atoms with Gasteiger partial charge in [0.05, 0.1) is 4.92 Å². The Kier molecular flexibility index (Phi) is 5.06. The van der Waals surface area contributed by atoms with Crippen molar-refractivity contribution in [3.05, 3.63) is 86.3 Å². The van der Waals surface area contributed by atoms with Crippen LogP contribution in [0.2, 0.25) is 0 Å². The monoisotopic (exact) mass is 421 g/mol. The van der Waals surface area contributed by atoms with Crippen molar-refractivity contribution in [3.63, 3.8) is 0 Å². The molecule has 0 radical (unpaired) electrons. The van der Waals surface area contributed by atoms with E-state index in [1.54, 1.807) is 24.3 Å². The maximum Gasteiger partial charge on any atom is 0.336 e. The van der Waals surface area contributed by atoms with Crippen molar-refractivity contribution in [2.75, 3.05) is 0 Å². The highest BCUT2D eigenvalue weighted by molar-refractivity contribution is 5.87. The van der Waals surface area contributed by atoms with Gasteiger partial charge in [-0.05, 0) is 55.3 Å². The Hall–Kier alpha value is -3.94. The van der Waals surface area contributed by atoms with Gasteiger partial charge in [-0.2, -0.15) is 0 Å². The molecule has 0 bridgehead atoms. The van der Waals surface area contributed by atoms with Crippen molar-refractivity contribution in [2.45, 2.75) is 32.0 Å². The molecule has 158 valence electrons. The molecule has 31 heavy (non-hydrogen) atoms. The van der Waals surface area contributed by atoms with Gasteiger partial charge in [-0.1, -0.05) is 0 Å². The molecule has 1 aliphatic rings. The fourth-order valence-corrected chi connectivity index (χ4v) is 3.43. The Bertz CT molecular complexity index is 1260. The standard InChI is InChI=1S/C23H19NO7/c1-23(2)20(30-22(26)9-5-14-3-7-17(8-4-14)24(27)28)12-16-11-15-6-10-21(25)29-18(15)13-19(16)31-23/h3-11,13,20H,12H2,1-2H3/b9-5+. The van der Waals surface area contributed by atoms with Gasteiger partial charge in [0.25, 0.3) is 5.69 Å². The van der Waals surface area contributed by atoms with E-state index in [1.807, 2.05) is 19.9 Å². The number of hydrogen-bond donors (Lipinski definition) is 0. The van der Waals surface area contributed by atoms with Gasteiger partial charge in [0.15, 0.2) is 0 Å². The maximum absolute atomic E-state index is 12.4. The topological polar surface area (TPSA) is 109 Å². The Morgan fingerprint density at radius 3 is 2.65 bits per heavy atom. The highest BCUT2D eigenvalue weighted by Gasteiger charge is 2.39.